The molecule has 0 bridgehead atoms. The van der Waals surface area contributed by atoms with Crippen LogP contribution < -0.4 is 4.74 Å². The molecule has 0 aromatic carbocycles. The van der Waals surface area contributed by atoms with E-state index in [1.165, 1.54) is 13.2 Å². The van der Waals surface area contributed by atoms with Gasteiger partial charge in [-0.15, -0.1) is 0 Å². The van der Waals surface area contributed by atoms with Crippen LogP contribution in [0.2, 0.25) is 5.15 Å². The van der Waals surface area contributed by atoms with E-state index >= 15 is 0 Å². The Labute approximate surface area is 80.1 Å². The van der Waals surface area contributed by atoms with E-state index in [-0.39, 0.29) is 16.5 Å². The number of halogens is 1. The van der Waals surface area contributed by atoms with Crippen molar-refractivity contribution in [2.75, 3.05) is 7.11 Å². The minimum Gasteiger partial charge on any atom is -0.496 e. The Hall–Kier alpha value is -1.29. The van der Waals surface area contributed by atoms with Gasteiger partial charge in [0, 0.05) is 11.8 Å². The average molecular weight is 202 g/mol. The van der Waals surface area contributed by atoms with Gasteiger partial charge in [0.05, 0.1) is 7.11 Å². The van der Waals surface area contributed by atoms with E-state index in [2.05, 4.69) is 4.98 Å². The van der Waals surface area contributed by atoms with Crippen molar-refractivity contribution in [1.29, 1.82) is 0 Å². The summed E-state index contributed by atoms with van der Waals surface area (Å²) in [6, 6.07) is 1.52. The third-order valence-electron chi connectivity index (χ3n) is 1.50. The predicted octanol–water partition coefficient (Wildman–Crippen LogP) is 1.75. The van der Waals surface area contributed by atoms with Crippen molar-refractivity contribution in [3.63, 3.8) is 0 Å². The standard InChI is InChI=1S/C8H8ClNO3/c1-4-3-5(13-2)6(8(11)12)7(9)10-4/h3H,1-2H3,(H,11,12). The number of nitrogens with zero attached hydrogens (tertiary/aromatic N) is 1. The molecule has 0 amide bonds. The zero-order chi connectivity index (χ0) is 10.0. The van der Waals surface area contributed by atoms with Crippen LogP contribution in [0.5, 0.6) is 5.75 Å². The Morgan fingerprint density at radius 2 is 2.31 bits per heavy atom. The number of aryl methyl sites for hydroxylation is 1. The van der Waals surface area contributed by atoms with Crippen molar-refractivity contribution >= 4 is 17.6 Å². The number of methoxy groups -OCH3 is 1. The van der Waals surface area contributed by atoms with Gasteiger partial charge in [-0.3, -0.25) is 0 Å². The number of hydrogen-bond donors (Lipinski definition) is 1. The Morgan fingerprint density at radius 1 is 1.69 bits per heavy atom. The van der Waals surface area contributed by atoms with E-state index < -0.39 is 5.97 Å². The molecular weight excluding hydrogens is 194 g/mol. The van der Waals surface area contributed by atoms with Crippen LogP contribution >= 0.6 is 11.6 Å². The Bertz CT molecular complexity index is 351. The number of carboxylic acid groups (broad SMARTS) is 1. The van der Waals surface area contributed by atoms with E-state index in [9.17, 15) is 4.79 Å². The highest BCUT2D eigenvalue weighted by molar-refractivity contribution is 6.32. The largest absolute Gasteiger partial charge is 0.496 e. The summed E-state index contributed by atoms with van der Waals surface area (Å²) >= 11 is 5.64. The third-order valence-corrected chi connectivity index (χ3v) is 1.77. The topological polar surface area (TPSA) is 59.4 Å². The molecule has 0 unspecified atom stereocenters. The predicted molar refractivity (Wildman–Crippen MR) is 47.5 cm³/mol. The summed E-state index contributed by atoms with van der Waals surface area (Å²) in [5.74, 6) is -0.917. The zero-order valence-electron chi connectivity index (χ0n) is 7.17. The molecule has 0 aliphatic rings. The number of carboxylic acids is 1. The lowest BCUT2D eigenvalue weighted by molar-refractivity contribution is 0.0693. The molecule has 13 heavy (non-hydrogen) atoms. The van der Waals surface area contributed by atoms with Crippen LogP contribution in [0.3, 0.4) is 0 Å². The van der Waals surface area contributed by atoms with Crippen LogP contribution in [-0.2, 0) is 0 Å². The normalized spacial score (nSPS) is 9.77. The highest BCUT2D eigenvalue weighted by Crippen LogP contribution is 2.25. The average Bonchev–Trinajstić information content (AvgIpc) is 2.01. The lowest BCUT2D eigenvalue weighted by Crippen LogP contribution is -2.03. The fourth-order valence-corrected chi connectivity index (χ4v) is 1.27. The van der Waals surface area contributed by atoms with Crippen LogP contribution in [0.1, 0.15) is 16.1 Å². The lowest BCUT2D eigenvalue weighted by atomic mass is 10.2. The summed E-state index contributed by atoms with van der Waals surface area (Å²) in [7, 11) is 1.39. The van der Waals surface area contributed by atoms with Gasteiger partial charge < -0.3 is 9.84 Å². The molecule has 0 saturated heterocycles. The molecule has 1 aromatic rings. The first kappa shape index (κ1) is 9.80. The van der Waals surface area contributed by atoms with Crippen LogP contribution in [0.4, 0.5) is 0 Å². The molecule has 0 aliphatic carbocycles. The maximum Gasteiger partial charge on any atom is 0.342 e. The minimum atomic E-state index is -1.14. The molecule has 70 valence electrons. The number of pyridine rings is 1. The lowest BCUT2D eigenvalue weighted by Gasteiger charge is -2.06. The smallest absolute Gasteiger partial charge is 0.342 e. The number of aromatic carboxylic acids is 1. The van der Waals surface area contributed by atoms with Gasteiger partial charge in [-0.2, -0.15) is 0 Å². The summed E-state index contributed by atoms with van der Waals surface area (Å²) in [5.41, 5.74) is 0.515. The maximum atomic E-state index is 10.7. The van der Waals surface area contributed by atoms with E-state index in [0.29, 0.717) is 5.69 Å². The Balaban J connectivity index is 3.38. The molecule has 0 aliphatic heterocycles. The number of rotatable bonds is 2. The summed E-state index contributed by atoms with van der Waals surface area (Å²) in [4.78, 5) is 14.5. The first-order valence-corrected chi connectivity index (χ1v) is 3.88. The number of ether oxygens (including phenoxy) is 1. The van der Waals surface area contributed by atoms with E-state index in [1.54, 1.807) is 6.92 Å². The summed E-state index contributed by atoms with van der Waals surface area (Å²) in [6.07, 6.45) is 0. The van der Waals surface area contributed by atoms with Crippen molar-refractivity contribution in [3.8, 4) is 5.75 Å². The Morgan fingerprint density at radius 3 is 2.77 bits per heavy atom. The molecule has 1 aromatic heterocycles. The van der Waals surface area contributed by atoms with Crippen LogP contribution in [0.15, 0.2) is 6.07 Å². The maximum absolute atomic E-state index is 10.7. The second-order valence-corrected chi connectivity index (χ2v) is 2.79. The molecule has 4 nitrogen and oxygen atoms in total. The summed E-state index contributed by atoms with van der Waals surface area (Å²) < 4.78 is 4.86. The third kappa shape index (κ3) is 1.89. The van der Waals surface area contributed by atoms with E-state index in [1.807, 2.05) is 0 Å². The van der Waals surface area contributed by atoms with Crippen molar-refractivity contribution in [1.82, 2.24) is 4.98 Å². The molecule has 0 fully saturated rings. The quantitative estimate of drug-likeness (QED) is 0.741. The first-order chi connectivity index (χ1) is 6.06. The van der Waals surface area contributed by atoms with Gasteiger partial charge in [-0.05, 0) is 6.92 Å². The van der Waals surface area contributed by atoms with Crippen LogP contribution in [0.25, 0.3) is 0 Å². The molecule has 1 heterocycles. The van der Waals surface area contributed by atoms with Gasteiger partial charge in [0.1, 0.15) is 16.5 Å². The summed E-state index contributed by atoms with van der Waals surface area (Å²) in [6.45, 7) is 1.71. The number of carbonyl (C=O) groups is 1. The van der Waals surface area contributed by atoms with Crippen LogP contribution in [0, 0.1) is 6.92 Å². The van der Waals surface area contributed by atoms with Crippen molar-refractivity contribution in [3.05, 3.63) is 22.5 Å². The number of hydrogen-bond acceptors (Lipinski definition) is 3. The molecule has 1 rings (SSSR count). The van der Waals surface area contributed by atoms with E-state index in [0.717, 1.165) is 0 Å². The second kappa shape index (κ2) is 3.62. The zero-order valence-corrected chi connectivity index (χ0v) is 7.92. The van der Waals surface area contributed by atoms with Gasteiger partial charge in [0.15, 0.2) is 0 Å². The van der Waals surface area contributed by atoms with Gasteiger partial charge in [-0.1, -0.05) is 11.6 Å². The summed E-state index contributed by atoms with van der Waals surface area (Å²) in [5, 5.41) is 8.71. The highest BCUT2D eigenvalue weighted by Gasteiger charge is 2.17. The van der Waals surface area contributed by atoms with Gasteiger partial charge in [-0.25, -0.2) is 9.78 Å². The van der Waals surface area contributed by atoms with Gasteiger partial charge >= 0.3 is 5.97 Å². The highest BCUT2D eigenvalue weighted by atomic mass is 35.5. The van der Waals surface area contributed by atoms with E-state index in [4.69, 9.17) is 21.4 Å². The SMILES string of the molecule is COc1cc(C)nc(Cl)c1C(=O)O. The fourth-order valence-electron chi connectivity index (χ4n) is 0.961. The monoisotopic (exact) mass is 201 g/mol. The van der Waals surface area contributed by atoms with Gasteiger partial charge in [0.2, 0.25) is 0 Å². The van der Waals surface area contributed by atoms with Crippen molar-refractivity contribution < 1.29 is 14.6 Å². The van der Waals surface area contributed by atoms with Crippen LogP contribution in [-0.4, -0.2) is 23.2 Å². The Kier molecular flexibility index (Phi) is 2.72. The van der Waals surface area contributed by atoms with Crippen molar-refractivity contribution in [2.45, 2.75) is 6.92 Å². The molecule has 1 N–H and O–H groups in total. The molecule has 0 atom stereocenters. The first-order valence-electron chi connectivity index (χ1n) is 3.50. The molecular formula is C8H8ClNO3. The number of aromatic nitrogens is 1. The molecule has 0 saturated carbocycles. The van der Waals surface area contributed by atoms with Crippen molar-refractivity contribution in [2.24, 2.45) is 0 Å². The second-order valence-electron chi connectivity index (χ2n) is 2.44. The minimum absolute atomic E-state index is 0.0515. The van der Waals surface area contributed by atoms with Gasteiger partial charge in [0.25, 0.3) is 0 Å². The molecule has 5 heteroatoms. The fraction of sp³-hybridized carbons (Fsp3) is 0.250. The molecule has 0 spiro atoms. The molecule has 0 radical (unpaired) electrons.